The van der Waals surface area contributed by atoms with E-state index < -0.39 is 87.0 Å². The van der Waals surface area contributed by atoms with Crippen molar-refractivity contribution in [3.8, 4) is 0 Å². The number of hydrogen-bond acceptors (Lipinski definition) is 6. The fourth-order valence-electron chi connectivity index (χ4n) is 2.26. The van der Waals surface area contributed by atoms with Crippen molar-refractivity contribution in [2.45, 2.75) is 78.2 Å². The minimum Gasteiger partial charge on any atom is -0.205 e. The van der Waals surface area contributed by atoms with Gasteiger partial charge in [-0.05, 0) is 0 Å². The Balaban J connectivity index is 7.81. The van der Waals surface area contributed by atoms with Crippen molar-refractivity contribution in [2.75, 3.05) is 0 Å². The van der Waals surface area contributed by atoms with Gasteiger partial charge in [0, 0.05) is 0 Å². The maximum Gasteiger partial charge on any atom is 0.665 e. The van der Waals surface area contributed by atoms with Crippen LogP contribution in [-0.4, -0.2) is 87.0 Å². The molecular formula is C13F30O6Si. The van der Waals surface area contributed by atoms with Crippen molar-refractivity contribution in [1.29, 1.82) is 0 Å². The summed E-state index contributed by atoms with van der Waals surface area (Å²) in [5.74, 6) is -76.7. The van der Waals surface area contributed by atoms with Gasteiger partial charge in [0.1, 0.15) is 0 Å². The van der Waals surface area contributed by atoms with Crippen LogP contribution in [0.2, 0.25) is 0 Å². The summed E-state index contributed by atoms with van der Waals surface area (Å²) in [5, 5.41) is 0. The smallest absolute Gasteiger partial charge is 0.205 e. The van der Waals surface area contributed by atoms with Gasteiger partial charge in [-0.2, -0.15) is 92.2 Å². The standard InChI is InChI=1S/C13F30O6Si/c14-1(15,3(18,19)5(22,23)7(26,27)9(30,31)32)2(16,17)4(20,21)6(24,25)8(28,29)10(33,34)50(47-44-11(35,36)37,48-45-12(38,39)40)49-46-13(41,42)43. The highest BCUT2D eigenvalue weighted by Gasteiger charge is 3.00. The molecule has 0 aliphatic carbocycles. The van der Waals surface area contributed by atoms with Gasteiger partial charge in [-0.3, -0.25) is 0 Å². The van der Waals surface area contributed by atoms with Crippen molar-refractivity contribution < 1.29 is 160 Å². The van der Waals surface area contributed by atoms with E-state index in [0.717, 1.165) is 0 Å². The molecule has 302 valence electrons. The monoisotopic (exact) mass is 850 g/mol. The summed E-state index contributed by atoms with van der Waals surface area (Å²) in [5.41, 5.74) is -9.06. The molecule has 0 fully saturated rings. The predicted octanol–water partition coefficient (Wildman–Crippen LogP) is 9.15. The molecule has 0 radical (unpaired) electrons. The number of alkyl halides is 30. The first-order valence-corrected chi connectivity index (χ1v) is 11.6. The van der Waals surface area contributed by atoms with Crippen LogP contribution < -0.4 is 0 Å². The van der Waals surface area contributed by atoms with Crippen LogP contribution in [0.15, 0.2) is 0 Å². The molecule has 0 spiro atoms. The molecule has 0 saturated carbocycles. The molecule has 0 saturated heterocycles. The largest absolute Gasteiger partial charge is 0.665 e. The van der Waals surface area contributed by atoms with Crippen LogP contribution in [0, 0.1) is 0 Å². The van der Waals surface area contributed by atoms with Crippen LogP contribution in [0.3, 0.4) is 0 Å². The molecule has 6 nitrogen and oxygen atoms in total. The summed E-state index contributed by atoms with van der Waals surface area (Å²) in [6, 6.07) is 0. The lowest BCUT2D eigenvalue weighted by Crippen LogP contribution is -2.79. The highest BCUT2D eigenvalue weighted by atomic mass is 28.4. The average molecular weight is 850 g/mol. The number of rotatable bonds is 15. The summed E-state index contributed by atoms with van der Waals surface area (Å²) in [6.45, 7) is 0. The van der Waals surface area contributed by atoms with E-state index >= 15 is 0 Å². The summed E-state index contributed by atoms with van der Waals surface area (Å²) >= 11 is 0. The summed E-state index contributed by atoms with van der Waals surface area (Å²) in [7, 11) is -10.0. The lowest BCUT2D eigenvalue weighted by Gasteiger charge is -2.45. The molecule has 0 atom stereocenters. The average Bonchev–Trinajstić information content (AvgIpc) is 2.84. The van der Waals surface area contributed by atoms with Crippen LogP contribution in [0.5, 0.6) is 0 Å². The SMILES string of the molecule is FC(F)(F)OO[Si](OOC(F)(F)F)(OOC(F)(F)F)C(F)(F)C(F)(F)C(F)(F)C(F)(F)C(F)(F)C(F)(F)C(F)(F)C(F)(F)C(F)(F)C(F)(F)F. The molecule has 0 N–H and O–H groups in total. The van der Waals surface area contributed by atoms with Crippen LogP contribution >= 0.6 is 0 Å². The van der Waals surface area contributed by atoms with E-state index in [1.165, 1.54) is 14.7 Å². The highest BCUT2D eigenvalue weighted by Crippen LogP contribution is 2.67. The second-order valence-electron chi connectivity index (χ2n) is 8.06. The van der Waals surface area contributed by atoms with Crippen LogP contribution in [0.1, 0.15) is 0 Å². The molecule has 0 aromatic heterocycles. The normalized spacial score (nSPS) is 16.7. The number of hydrogen-bond donors (Lipinski definition) is 0. The Morgan fingerprint density at radius 3 is 0.600 bits per heavy atom. The molecule has 0 aliphatic heterocycles. The van der Waals surface area contributed by atoms with Gasteiger partial charge < -0.3 is 0 Å². The van der Waals surface area contributed by atoms with E-state index in [4.69, 9.17) is 0 Å². The molecule has 0 aromatic carbocycles. The van der Waals surface area contributed by atoms with E-state index in [0.29, 0.717) is 0 Å². The minimum absolute atomic E-state index is 1.53. The number of halogens is 30. The Hall–Kier alpha value is -2.12. The van der Waals surface area contributed by atoms with E-state index in [1.807, 2.05) is 13.7 Å². The van der Waals surface area contributed by atoms with Gasteiger partial charge in [-0.1, -0.05) is 0 Å². The van der Waals surface area contributed by atoms with E-state index in [9.17, 15) is 132 Å². The maximum absolute atomic E-state index is 14.5. The fourth-order valence-corrected chi connectivity index (χ4v) is 3.81. The van der Waals surface area contributed by atoms with Crippen molar-refractivity contribution in [2.24, 2.45) is 0 Å². The third kappa shape index (κ3) is 7.79. The Labute approximate surface area is 248 Å². The predicted molar refractivity (Wildman–Crippen MR) is 81.0 cm³/mol. The highest BCUT2D eigenvalue weighted by molar-refractivity contribution is 6.63. The first kappa shape index (κ1) is 47.9. The van der Waals surface area contributed by atoms with Gasteiger partial charge in [0.15, 0.2) is 0 Å². The Bertz CT molecular complexity index is 1120. The van der Waals surface area contributed by atoms with Crippen LogP contribution in [0.25, 0.3) is 0 Å². The van der Waals surface area contributed by atoms with Gasteiger partial charge in [0.25, 0.3) is 0 Å². The molecule has 0 heterocycles. The van der Waals surface area contributed by atoms with E-state index in [1.54, 1.807) is 0 Å². The Morgan fingerprint density at radius 2 is 0.420 bits per heavy atom. The van der Waals surface area contributed by atoms with Crippen LogP contribution in [-0.2, 0) is 28.4 Å². The zero-order chi connectivity index (χ0) is 41.2. The van der Waals surface area contributed by atoms with Gasteiger partial charge in [0.05, 0.1) is 0 Å². The van der Waals surface area contributed by atoms with Gasteiger partial charge in [-0.15, -0.1) is 54.2 Å². The Morgan fingerprint density at radius 1 is 0.240 bits per heavy atom. The second-order valence-corrected chi connectivity index (χ2v) is 10.3. The molecule has 0 amide bonds. The molecular weight excluding hydrogens is 850 g/mol. The van der Waals surface area contributed by atoms with E-state index in [-0.39, 0.29) is 0 Å². The first-order valence-electron chi connectivity index (χ1n) is 9.89. The zero-order valence-electron chi connectivity index (χ0n) is 20.8. The minimum atomic E-state index is -10.0. The third-order valence-corrected chi connectivity index (χ3v) is 6.62. The first-order chi connectivity index (χ1) is 21.1. The van der Waals surface area contributed by atoms with E-state index in [2.05, 4.69) is 0 Å². The van der Waals surface area contributed by atoms with Crippen molar-refractivity contribution in [3.63, 3.8) is 0 Å². The topological polar surface area (TPSA) is 55.4 Å². The quantitative estimate of drug-likeness (QED) is 0.0710. The second kappa shape index (κ2) is 12.8. The van der Waals surface area contributed by atoms with Crippen molar-refractivity contribution >= 4 is 8.80 Å². The van der Waals surface area contributed by atoms with Gasteiger partial charge in [0.2, 0.25) is 0 Å². The van der Waals surface area contributed by atoms with Crippen molar-refractivity contribution in [1.82, 2.24) is 0 Å². The molecule has 0 rings (SSSR count). The van der Waals surface area contributed by atoms with Gasteiger partial charge in [-0.25, -0.2) is 13.7 Å². The zero-order valence-corrected chi connectivity index (χ0v) is 21.8. The lowest BCUT2D eigenvalue weighted by molar-refractivity contribution is -0.535. The molecule has 0 aliphatic rings. The van der Waals surface area contributed by atoms with Crippen molar-refractivity contribution in [3.05, 3.63) is 0 Å². The molecule has 0 unspecified atom stereocenters. The molecule has 0 bridgehead atoms. The summed E-state index contributed by atoms with van der Waals surface area (Å²) in [4.78, 5) is 4.58. The third-order valence-electron chi connectivity index (χ3n) is 4.63. The van der Waals surface area contributed by atoms with Crippen LogP contribution in [0.4, 0.5) is 132 Å². The molecule has 50 heavy (non-hydrogen) atoms. The molecule has 37 heteroatoms. The van der Waals surface area contributed by atoms with Gasteiger partial charge >= 0.3 is 87.0 Å². The summed E-state index contributed by atoms with van der Waals surface area (Å²) < 4.78 is 399. The maximum atomic E-state index is 14.5. The molecule has 0 aromatic rings. The Kier molecular flexibility index (Phi) is 12.2. The fraction of sp³-hybridized carbons (Fsp3) is 1.00. The lowest BCUT2D eigenvalue weighted by atomic mass is 9.87. The summed E-state index contributed by atoms with van der Waals surface area (Å²) in [6.07, 6.45) is -29.7.